The van der Waals surface area contributed by atoms with E-state index in [0.717, 1.165) is 6.54 Å². The average molecular weight is 253 g/mol. The molecule has 5 nitrogen and oxygen atoms in total. The molecule has 0 saturated heterocycles. The monoisotopic (exact) mass is 253 g/mol. The van der Waals surface area contributed by atoms with Gasteiger partial charge in [0.15, 0.2) is 5.69 Å². The highest BCUT2D eigenvalue weighted by molar-refractivity contribution is 5.91. The molecule has 0 saturated carbocycles. The van der Waals surface area contributed by atoms with Crippen molar-refractivity contribution in [2.24, 2.45) is 11.8 Å². The van der Waals surface area contributed by atoms with Gasteiger partial charge in [0.1, 0.15) is 6.26 Å². The van der Waals surface area contributed by atoms with E-state index in [-0.39, 0.29) is 5.91 Å². The number of nitrogens with zero attached hydrogens (tertiary/aromatic N) is 1. The summed E-state index contributed by atoms with van der Waals surface area (Å²) in [5, 5.41) is 6.02. The minimum absolute atomic E-state index is 0.178. The molecule has 1 aromatic heterocycles. The lowest BCUT2D eigenvalue weighted by molar-refractivity contribution is 0.0944. The second-order valence-corrected chi connectivity index (χ2v) is 5.26. The summed E-state index contributed by atoms with van der Waals surface area (Å²) in [5.74, 6) is 1.37. The zero-order valence-corrected chi connectivity index (χ0v) is 11.6. The Morgan fingerprint density at radius 2 is 1.94 bits per heavy atom. The number of carbonyl (C=O) groups excluding carboxylic acids is 1. The molecule has 0 aromatic carbocycles. The van der Waals surface area contributed by atoms with Gasteiger partial charge >= 0.3 is 0 Å². The highest BCUT2D eigenvalue weighted by atomic mass is 16.3. The van der Waals surface area contributed by atoms with Crippen molar-refractivity contribution in [3.05, 3.63) is 17.8 Å². The van der Waals surface area contributed by atoms with Crippen LogP contribution in [0.2, 0.25) is 0 Å². The number of aromatic nitrogens is 1. The third-order valence-corrected chi connectivity index (χ3v) is 2.28. The van der Waals surface area contributed by atoms with E-state index in [1.165, 1.54) is 6.26 Å². The summed E-state index contributed by atoms with van der Waals surface area (Å²) in [4.78, 5) is 15.8. The van der Waals surface area contributed by atoms with Crippen LogP contribution in [0.4, 0.5) is 0 Å². The van der Waals surface area contributed by atoms with Crippen molar-refractivity contribution in [2.75, 3.05) is 13.1 Å². The summed E-state index contributed by atoms with van der Waals surface area (Å²) >= 11 is 0. The van der Waals surface area contributed by atoms with Gasteiger partial charge in [-0.15, -0.1) is 0 Å². The molecule has 1 aromatic rings. The Bertz CT molecular complexity index is 372. The highest BCUT2D eigenvalue weighted by Gasteiger charge is 2.11. The fourth-order valence-corrected chi connectivity index (χ4v) is 1.35. The minimum atomic E-state index is -0.178. The van der Waals surface area contributed by atoms with E-state index in [1.54, 1.807) is 0 Å². The first kappa shape index (κ1) is 14.7. The minimum Gasteiger partial charge on any atom is -0.447 e. The van der Waals surface area contributed by atoms with Crippen molar-refractivity contribution >= 4 is 5.91 Å². The maximum Gasteiger partial charge on any atom is 0.273 e. The van der Waals surface area contributed by atoms with Crippen LogP contribution in [0.1, 0.15) is 44.1 Å². The van der Waals surface area contributed by atoms with Crippen molar-refractivity contribution in [1.29, 1.82) is 0 Å². The molecule has 0 bridgehead atoms. The molecule has 2 N–H and O–H groups in total. The first-order chi connectivity index (χ1) is 8.49. The molecule has 0 aliphatic carbocycles. The average Bonchev–Trinajstić information content (AvgIpc) is 2.74. The van der Waals surface area contributed by atoms with E-state index in [1.807, 2.05) is 13.8 Å². The van der Waals surface area contributed by atoms with E-state index < -0.39 is 0 Å². The maximum atomic E-state index is 11.7. The van der Waals surface area contributed by atoms with Gasteiger partial charge in [0, 0.05) is 6.54 Å². The fourth-order valence-electron chi connectivity index (χ4n) is 1.35. The summed E-state index contributed by atoms with van der Waals surface area (Å²) in [6.07, 6.45) is 1.40. The molecule has 1 rings (SSSR count). The van der Waals surface area contributed by atoms with Gasteiger partial charge in [-0.1, -0.05) is 27.7 Å². The van der Waals surface area contributed by atoms with Gasteiger partial charge in [-0.25, -0.2) is 4.98 Å². The van der Waals surface area contributed by atoms with Crippen molar-refractivity contribution < 1.29 is 9.21 Å². The zero-order valence-electron chi connectivity index (χ0n) is 11.6. The fraction of sp³-hybridized carbons (Fsp3) is 0.692. The van der Waals surface area contributed by atoms with Crippen molar-refractivity contribution in [3.8, 4) is 0 Å². The van der Waals surface area contributed by atoms with Crippen molar-refractivity contribution in [1.82, 2.24) is 15.6 Å². The lowest BCUT2D eigenvalue weighted by Gasteiger charge is -2.05. The first-order valence-electron chi connectivity index (χ1n) is 6.42. The van der Waals surface area contributed by atoms with Crippen LogP contribution in [0, 0.1) is 11.8 Å². The molecule has 102 valence electrons. The molecule has 18 heavy (non-hydrogen) atoms. The normalized spacial score (nSPS) is 11.2. The van der Waals surface area contributed by atoms with Crippen LogP contribution in [0.25, 0.3) is 0 Å². The molecule has 0 spiro atoms. The summed E-state index contributed by atoms with van der Waals surface area (Å²) in [6.45, 7) is 10.5. The molecule has 0 aliphatic rings. The van der Waals surface area contributed by atoms with Gasteiger partial charge in [-0.3, -0.25) is 4.79 Å². The predicted octanol–water partition coefficient (Wildman–Crippen LogP) is 1.81. The van der Waals surface area contributed by atoms with Gasteiger partial charge in [0.2, 0.25) is 5.89 Å². The van der Waals surface area contributed by atoms with Gasteiger partial charge in [-0.05, 0) is 18.4 Å². The Morgan fingerprint density at radius 3 is 2.56 bits per heavy atom. The summed E-state index contributed by atoms with van der Waals surface area (Å²) in [5.41, 5.74) is 0.344. The summed E-state index contributed by atoms with van der Waals surface area (Å²) in [6, 6.07) is 0. The van der Waals surface area contributed by atoms with E-state index in [4.69, 9.17) is 4.42 Å². The molecular weight excluding hydrogens is 230 g/mol. The number of hydrogen-bond acceptors (Lipinski definition) is 4. The Balaban J connectivity index is 2.40. The highest BCUT2D eigenvalue weighted by Crippen LogP contribution is 2.02. The van der Waals surface area contributed by atoms with Crippen LogP contribution in [0.15, 0.2) is 10.7 Å². The summed E-state index contributed by atoms with van der Waals surface area (Å²) in [7, 11) is 0. The van der Waals surface area contributed by atoms with Crippen molar-refractivity contribution in [2.45, 2.75) is 34.2 Å². The number of nitrogens with one attached hydrogen (secondary N) is 2. The molecule has 1 amide bonds. The predicted molar refractivity (Wildman–Crippen MR) is 70.2 cm³/mol. The SMILES string of the molecule is CC(C)CNCc1nc(C(=O)NCC(C)C)co1. The quantitative estimate of drug-likeness (QED) is 0.777. The molecule has 0 atom stereocenters. The van der Waals surface area contributed by atoms with Crippen LogP contribution in [-0.4, -0.2) is 24.0 Å². The first-order valence-corrected chi connectivity index (χ1v) is 6.42. The third-order valence-electron chi connectivity index (χ3n) is 2.28. The van der Waals surface area contributed by atoms with E-state index >= 15 is 0 Å². The number of hydrogen-bond donors (Lipinski definition) is 2. The van der Waals surface area contributed by atoms with Gasteiger partial charge in [0.25, 0.3) is 5.91 Å². The Morgan fingerprint density at radius 1 is 1.28 bits per heavy atom. The number of oxazole rings is 1. The molecule has 0 fully saturated rings. The van der Waals surface area contributed by atoms with Crippen LogP contribution in [0.5, 0.6) is 0 Å². The molecule has 0 radical (unpaired) electrons. The van der Waals surface area contributed by atoms with E-state index in [2.05, 4.69) is 29.5 Å². The van der Waals surface area contributed by atoms with E-state index in [0.29, 0.717) is 36.5 Å². The molecule has 0 unspecified atom stereocenters. The van der Waals surface area contributed by atoms with Gasteiger partial charge < -0.3 is 15.1 Å². The number of amides is 1. The zero-order chi connectivity index (χ0) is 13.5. The molecule has 0 aliphatic heterocycles. The Kier molecular flexibility index (Phi) is 5.85. The largest absolute Gasteiger partial charge is 0.447 e. The van der Waals surface area contributed by atoms with Gasteiger partial charge in [-0.2, -0.15) is 0 Å². The van der Waals surface area contributed by atoms with Gasteiger partial charge in [0.05, 0.1) is 6.54 Å². The second-order valence-electron chi connectivity index (χ2n) is 5.26. The Hall–Kier alpha value is -1.36. The van der Waals surface area contributed by atoms with Crippen molar-refractivity contribution in [3.63, 3.8) is 0 Å². The number of rotatable bonds is 7. The second kappa shape index (κ2) is 7.16. The molecular formula is C13H23N3O2. The topological polar surface area (TPSA) is 67.2 Å². The maximum absolute atomic E-state index is 11.7. The Labute approximate surface area is 108 Å². The van der Waals surface area contributed by atoms with E-state index in [9.17, 15) is 4.79 Å². The van der Waals surface area contributed by atoms with Crippen LogP contribution < -0.4 is 10.6 Å². The molecule has 5 heteroatoms. The van der Waals surface area contributed by atoms with Crippen LogP contribution in [-0.2, 0) is 6.54 Å². The lowest BCUT2D eigenvalue weighted by Crippen LogP contribution is -2.27. The third kappa shape index (κ3) is 5.31. The van der Waals surface area contributed by atoms with Crippen LogP contribution >= 0.6 is 0 Å². The number of carbonyl (C=O) groups is 1. The smallest absolute Gasteiger partial charge is 0.273 e. The molecule has 1 heterocycles. The lowest BCUT2D eigenvalue weighted by atomic mass is 10.2. The standard InChI is InChI=1S/C13H23N3O2/c1-9(2)5-14-7-12-16-11(8-18-12)13(17)15-6-10(3)4/h8-10,14H,5-7H2,1-4H3,(H,15,17). The summed E-state index contributed by atoms with van der Waals surface area (Å²) < 4.78 is 5.24. The van der Waals surface area contributed by atoms with Crippen LogP contribution in [0.3, 0.4) is 0 Å².